The van der Waals surface area contributed by atoms with Gasteiger partial charge in [-0.25, -0.2) is 8.78 Å². The second-order valence-corrected chi connectivity index (χ2v) is 6.90. The van der Waals surface area contributed by atoms with Gasteiger partial charge >= 0.3 is 0 Å². The standard InChI is InChI=1S/C20H23F2NO2/c1-5-18(19(24)23-17-11-8-14(21)12-16(17)22)25-15-9-6-13(7-10-15)20(2,3)4/h6-12,18H,5H2,1-4H3,(H,23,24). The average Bonchev–Trinajstić information content (AvgIpc) is 2.54. The largest absolute Gasteiger partial charge is 0.481 e. The van der Waals surface area contributed by atoms with Gasteiger partial charge in [-0.05, 0) is 41.7 Å². The zero-order valence-corrected chi connectivity index (χ0v) is 14.9. The Bertz CT molecular complexity index is 736. The molecule has 0 saturated heterocycles. The summed E-state index contributed by atoms with van der Waals surface area (Å²) in [6, 6.07) is 10.5. The number of nitrogens with one attached hydrogen (secondary N) is 1. The van der Waals surface area contributed by atoms with Gasteiger partial charge in [-0.3, -0.25) is 4.79 Å². The molecule has 0 fully saturated rings. The number of halogens is 2. The number of amides is 1. The molecule has 0 spiro atoms. The molecule has 3 nitrogen and oxygen atoms in total. The first-order valence-corrected chi connectivity index (χ1v) is 8.24. The van der Waals surface area contributed by atoms with E-state index >= 15 is 0 Å². The molecule has 0 heterocycles. The van der Waals surface area contributed by atoms with E-state index < -0.39 is 23.6 Å². The van der Waals surface area contributed by atoms with E-state index in [1.54, 1.807) is 6.92 Å². The Morgan fingerprint density at radius 2 is 1.76 bits per heavy atom. The SMILES string of the molecule is CCC(Oc1ccc(C(C)(C)C)cc1)C(=O)Nc1ccc(F)cc1F. The maximum atomic E-state index is 13.7. The van der Waals surface area contributed by atoms with Gasteiger partial charge in [0.1, 0.15) is 17.4 Å². The summed E-state index contributed by atoms with van der Waals surface area (Å²) in [6.07, 6.45) is -0.361. The van der Waals surface area contributed by atoms with Crippen LogP contribution in [-0.2, 0) is 10.2 Å². The molecule has 134 valence electrons. The summed E-state index contributed by atoms with van der Waals surface area (Å²) in [5.41, 5.74) is 1.11. The molecular weight excluding hydrogens is 324 g/mol. The van der Waals surface area contributed by atoms with Gasteiger partial charge in [0.2, 0.25) is 0 Å². The van der Waals surface area contributed by atoms with Gasteiger partial charge in [0.25, 0.3) is 5.91 Å². The lowest BCUT2D eigenvalue weighted by atomic mass is 9.87. The first-order valence-electron chi connectivity index (χ1n) is 8.24. The molecule has 1 amide bonds. The van der Waals surface area contributed by atoms with Crippen LogP contribution < -0.4 is 10.1 Å². The van der Waals surface area contributed by atoms with Crippen LogP contribution in [0.2, 0.25) is 0 Å². The van der Waals surface area contributed by atoms with Crippen LogP contribution in [0.3, 0.4) is 0 Å². The predicted molar refractivity (Wildman–Crippen MR) is 94.8 cm³/mol. The van der Waals surface area contributed by atoms with Gasteiger partial charge < -0.3 is 10.1 Å². The van der Waals surface area contributed by atoms with Crippen LogP contribution >= 0.6 is 0 Å². The lowest BCUT2D eigenvalue weighted by Gasteiger charge is -2.21. The minimum absolute atomic E-state index is 0.0279. The minimum atomic E-state index is -0.822. The van der Waals surface area contributed by atoms with E-state index in [0.717, 1.165) is 17.7 Å². The fraction of sp³-hybridized carbons (Fsp3) is 0.350. The first-order chi connectivity index (χ1) is 11.7. The molecule has 0 aromatic heterocycles. The van der Waals surface area contributed by atoms with Crippen molar-refractivity contribution in [1.29, 1.82) is 0 Å². The molecule has 25 heavy (non-hydrogen) atoms. The third kappa shape index (κ3) is 5.02. The molecule has 0 saturated carbocycles. The highest BCUT2D eigenvalue weighted by Gasteiger charge is 2.20. The number of carbonyl (C=O) groups is 1. The highest BCUT2D eigenvalue weighted by Crippen LogP contribution is 2.25. The Hall–Kier alpha value is -2.43. The average molecular weight is 347 g/mol. The van der Waals surface area contributed by atoms with E-state index in [-0.39, 0.29) is 11.1 Å². The highest BCUT2D eigenvalue weighted by atomic mass is 19.1. The Morgan fingerprint density at radius 1 is 1.12 bits per heavy atom. The first kappa shape index (κ1) is 18.9. The fourth-order valence-electron chi connectivity index (χ4n) is 2.32. The molecular formula is C20H23F2NO2. The molecule has 0 aliphatic carbocycles. The normalized spacial score (nSPS) is 12.6. The third-order valence-corrected chi connectivity index (χ3v) is 3.85. The minimum Gasteiger partial charge on any atom is -0.481 e. The second kappa shape index (κ2) is 7.64. The number of carbonyl (C=O) groups excluding carboxylic acids is 1. The maximum absolute atomic E-state index is 13.7. The summed E-state index contributed by atoms with van der Waals surface area (Å²) in [5, 5.41) is 2.44. The van der Waals surface area contributed by atoms with E-state index in [1.165, 1.54) is 6.07 Å². The van der Waals surface area contributed by atoms with Gasteiger partial charge in [-0.1, -0.05) is 39.8 Å². The number of anilines is 1. The van der Waals surface area contributed by atoms with Crippen LogP contribution in [0.25, 0.3) is 0 Å². The summed E-state index contributed by atoms with van der Waals surface area (Å²) in [5.74, 6) is -1.43. The number of hydrogen-bond acceptors (Lipinski definition) is 2. The predicted octanol–water partition coefficient (Wildman–Crippen LogP) is 5.06. The number of rotatable bonds is 5. The van der Waals surface area contributed by atoms with E-state index in [1.807, 2.05) is 24.3 Å². The van der Waals surface area contributed by atoms with Crippen molar-refractivity contribution in [3.8, 4) is 5.75 Å². The Labute approximate surface area is 147 Å². The van der Waals surface area contributed by atoms with Gasteiger partial charge in [0.15, 0.2) is 6.10 Å². The zero-order valence-electron chi connectivity index (χ0n) is 14.9. The summed E-state index contributed by atoms with van der Waals surface area (Å²) in [6.45, 7) is 8.14. The zero-order chi connectivity index (χ0) is 18.6. The number of ether oxygens (including phenoxy) is 1. The molecule has 0 aliphatic heterocycles. The summed E-state index contributed by atoms with van der Waals surface area (Å²) in [7, 11) is 0. The van der Waals surface area contributed by atoms with Crippen LogP contribution in [0, 0.1) is 11.6 Å². The van der Waals surface area contributed by atoms with Gasteiger partial charge in [-0.2, -0.15) is 0 Å². The van der Waals surface area contributed by atoms with Crippen LogP contribution in [0.1, 0.15) is 39.7 Å². The monoisotopic (exact) mass is 347 g/mol. The van der Waals surface area contributed by atoms with Crippen molar-refractivity contribution in [2.75, 3.05) is 5.32 Å². The van der Waals surface area contributed by atoms with Crippen molar-refractivity contribution in [2.45, 2.75) is 45.6 Å². The van der Waals surface area contributed by atoms with Crippen molar-refractivity contribution in [1.82, 2.24) is 0 Å². The van der Waals surface area contributed by atoms with Crippen molar-refractivity contribution >= 4 is 11.6 Å². The summed E-state index contributed by atoms with van der Waals surface area (Å²) >= 11 is 0. The summed E-state index contributed by atoms with van der Waals surface area (Å²) < 4.78 is 32.3. The Kier molecular flexibility index (Phi) is 5.77. The number of benzene rings is 2. The van der Waals surface area contributed by atoms with Crippen LogP contribution in [0.15, 0.2) is 42.5 Å². The quantitative estimate of drug-likeness (QED) is 0.821. The lowest BCUT2D eigenvalue weighted by Crippen LogP contribution is -2.32. The molecule has 1 unspecified atom stereocenters. The fourth-order valence-corrected chi connectivity index (χ4v) is 2.32. The topological polar surface area (TPSA) is 38.3 Å². The maximum Gasteiger partial charge on any atom is 0.265 e. The molecule has 1 N–H and O–H groups in total. The molecule has 0 aliphatic rings. The second-order valence-electron chi connectivity index (χ2n) is 6.90. The van der Waals surface area contributed by atoms with Crippen molar-refractivity contribution < 1.29 is 18.3 Å². The van der Waals surface area contributed by atoms with Crippen LogP contribution in [0.5, 0.6) is 5.75 Å². The molecule has 1 atom stereocenters. The lowest BCUT2D eigenvalue weighted by molar-refractivity contribution is -0.122. The highest BCUT2D eigenvalue weighted by molar-refractivity contribution is 5.94. The van der Waals surface area contributed by atoms with Crippen LogP contribution in [-0.4, -0.2) is 12.0 Å². The molecule has 2 rings (SSSR count). The molecule has 0 radical (unpaired) electrons. The molecule has 5 heteroatoms. The summed E-state index contributed by atoms with van der Waals surface area (Å²) in [4.78, 5) is 12.3. The Balaban J connectivity index is 2.07. The number of hydrogen-bond donors (Lipinski definition) is 1. The molecule has 2 aromatic rings. The molecule has 0 bridgehead atoms. The van der Waals surface area contributed by atoms with Crippen molar-refractivity contribution in [3.05, 3.63) is 59.7 Å². The van der Waals surface area contributed by atoms with E-state index in [9.17, 15) is 13.6 Å². The Morgan fingerprint density at radius 3 is 2.28 bits per heavy atom. The smallest absolute Gasteiger partial charge is 0.265 e. The van der Waals surface area contributed by atoms with Crippen LogP contribution in [0.4, 0.5) is 14.5 Å². The third-order valence-electron chi connectivity index (χ3n) is 3.85. The van der Waals surface area contributed by atoms with Gasteiger partial charge in [-0.15, -0.1) is 0 Å². The van der Waals surface area contributed by atoms with Crippen molar-refractivity contribution in [2.24, 2.45) is 0 Å². The van der Waals surface area contributed by atoms with Crippen molar-refractivity contribution in [3.63, 3.8) is 0 Å². The van der Waals surface area contributed by atoms with E-state index in [4.69, 9.17) is 4.74 Å². The van der Waals surface area contributed by atoms with E-state index in [0.29, 0.717) is 12.2 Å². The van der Waals surface area contributed by atoms with Gasteiger partial charge in [0.05, 0.1) is 5.69 Å². The van der Waals surface area contributed by atoms with E-state index in [2.05, 4.69) is 26.1 Å². The van der Waals surface area contributed by atoms with Gasteiger partial charge in [0, 0.05) is 6.07 Å². The molecule has 2 aromatic carbocycles.